The largest absolute Gasteiger partial charge is 0.506 e. The van der Waals surface area contributed by atoms with E-state index < -0.39 is 0 Å². The third kappa shape index (κ3) is 1.48. The molecule has 0 amide bonds. The molecule has 0 heterocycles. The van der Waals surface area contributed by atoms with E-state index in [1.54, 1.807) is 18.2 Å². The van der Waals surface area contributed by atoms with Crippen LogP contribution in [0.1, 0.15) is 5.56 Å². The molecule has 0 aromatic heterocycles. The number of hydrogen-bond acceptors (Lipinski definition) is 3. The minimum absolute atomic E-state index is 0.0312. The Morgan fingerprint density at radius 2 is 2.08 bits per heavy atom. The molecule has 0 aliphatic rings. The van der Waals surface area contributed by atoms with Gasteiger partial charge in [-0.2, -0.15) is 5.26 Å². The third-order valence-electron chi connectivity index (χ3n) is 1.62. The van der Waals surface area contributed by atoms with Gasteiger partial charge in [-0.05, 0) is 12.1 Å². The van der Waals surface area contributed by atoms with E-state index in [9.17, 15) is 5.11 Å². The van der Waals surface area contributed by atoms with Crippen LogP contribution < -0.4 is 4.90 Å². The van der Waals surface area contributed by atoms with Gasteiger partial charge in [0.15, 0.2) is 0 Å². The van der Waals surface area contributed by atoms with Gasteiger partial charge in [-0.15, -0.1) is 0 Å². The standard InChI is InChI=1S/C9H10N2O/c1-11(2)8-4-3-7(6-10)9(12)5-8/h3-5,12H,1-2H3. The smallest absolute Gasteiger partial charge is 0.135 e. The number of aromatic hydroxyl groups is 1. The monoisotopic (exact) mass is 162 g/mol. The van der Waals surface area contributed by atoms with Crippen molar-refractivity contribution in [1.29, 1.82) is 5.26 Å². The van der Waals surface area contributed by atoms with Crippen molar-refractivity contribution in [2.24, 2.45) is 0 Å². The van der Waals surface area contributed by atoms with E-state index in [0.29, 0.717) is 5.56 Å². The van der Waals surface area contributed by atoms with Gasteiger partial charge < -0.3 is 10.0 Å². The van der Waals surface area contributed by atoms with Gasteiger partial charge in [0, 0.05) is 25.8 Å². The summed E-state index contributed by atoms with van der Waals surface area (Å²) in [6.07, 6.45) is 0. The Hall–Kier alpha value is -1.69. The molecule has 0 radical (unpaired) electrons. The summed E-state index contributed by atoms with van der Waals surface area (Å²) in [5, 5.41) is 17.8. The zero-order valence-corrected chi connectivity index (χ0v) is 7.07. The molecule has 3 heteroatoms. The lowest BCUT2D eigenvalue weighted by atomic mass is 10.2. The Morgan fingerprint density at radius 1 is 1.42 bits per heavy atom. The molecule has 1 N–H and O–H groups in total. The molecule has 3 nitrogen and oxygen atoms in total. The van der Waals surface area contributed by atoms with Gasteiger partial charge >= 0.3 is 0 Å². The molecule has 0 saturated carbocycles. The second-order valence-corrected chi connectivity index (χ2v) is 2.71. The Labute approximate surface area is 71.5 Å². The van der Waals surface area contributed by atoms with Crippen LogP contribution >= 0.6 is 0 Å². The third-order valence-corrected chi connectivity index (χ3v) is 1.62. The Bertz CT molecular complexity index is 326. The number of benzene rings is 1. The van der Waals surface area contributed by atoms with Crippen LogP contribution in [0, 0.1) is 11.3 Å². The molecule has 1 aromatic carbocycles. The van der Waals surface area contributed by atoms with E-state index in [-0.39, 0.29) is 5.75 Å². The lowest BCUT2D eigenvalue weighted by Crippen LogP contribution is -2.08. The number of phenolic OH excluding ortho intramolecular Hbond substituents is 1. The maximum absolute atomic E-state index is 9.29. The van der Waals surface area contributed by atoms with E-state index in [0.717, 1.165) is 5.69 Å². The summed E-state index contributed by atoms with van der Waals surface area (Å²) in [6.45, 7) is 0. The van der Waals surface area contributed by atoms with Crippen molar-refractivity contribution in [3.8, 4) is 11.8 Å². The molecule has 0 spiro atoms. The molecular weight excluding hydrogens is 152 g/mol. The summed E-state index contributed by atoms with van der Waals surface area (Å²) >= 11 is 0. The van der Waals surface area contributed by atoms with Crippen LogP contribution in [0.3, 0.4) is 0 Å². The second-order valence-electron chi connectivity index (χ2n) is 2.71. The van der Waals surface area contributed by atoms with E-state index in [2.05, 4.69) is 0 Å². The summed E-state index contributed by atoms with van der Waals surface area (Å²) in [6, 6.07) is 6.85. The first-order valence-electron chi connectivity index (χ1n) is 3.55. The maximum Gasteiger partial charge on any atom is 0.135 e. The van der Waals surface area contributed by atoms with Crippen LogP contribution in [-0.4, -0.2) is 19.2 Å². The van der Waals surface area contributed by atoms with Crippen molar-refractivity contribution in [3.63, 3.8) is 0 Å². The second kappa shape index (κ2) is 3.14. The molecular formula is C9H10N2O. The Morgan fingerprint density at radius 3 is 2.50 bits per heavy atom. The fraction of sp³-hybridized carbons (Fsp3) is 0.222. The highest BCUT2D eigenvalue weighted by Gasteiger charge is 2.01. The fourth-order valence-electron chi connectivity index (χ4n) is 0.893. The van der Waals surface area contributed by atoms with E-state index in [1.165, 1.54) is 0 Å². The van der Waals surface area contributed by atoms with E-state index in [1.807, 2.05) is 25.1 Å². The highest BCUT2D eigenvalue weighted by molar-refractivity contribution is 5.55. The number of phenols is 1. The first kappa shape index (κ1) is 8.41. The summed E-state index contributed by atoms with van der Waals surface area (Å²) in [5.41, 5.74) is 1.19. The summed E-state index contributed by atoms with van der Waals surface area (Å²) < 4.78 is 0. The number of anilines is 1. The van der Waals surface area contributed by atoms with Gasteiger partial charge in [0.1, 0.15) is 11.8 Å². The predicted octanol–water partition coefficient (Wildman–Crippen LogP) is 1.33. The van der Waals surface area contributed by atoms with Crippen LogP contribution in [0.4, 0.5) is 5.69 Å². The number of rotatable bonds is 1. The van der Waals surface area contributed by atoms with Crippen LogP contribution in [0.5, 0.6) is 5.75 Å². The van der Waals surface area contributed by atoms with Crippen LogP contribution in [-0.2, 0) is 0 Å². The van der Waals surface area contributed by atoms with Gasteiger partial charge in [0.25, 0.3) is 0 Å². The highest BCUT2D eigenvalue weighted by atomic mass is 16.3. The zero-order chi connectivity index (χ0) is 9.14. The first-order chi connectivity index (χ1) is 5.65. The summed E-state index contributed by atoms with van der Waals surface area (Å²) in [4.78, 5) is 1.86. The summed E-state index contributed by atoms with van der Waals surface area (Å²) in [5.74, 6) is 0.0312. The molecule has 1 aromatic rings. The average molecular weight is 162 g/mol. The van der Waals surface area contributed by atoms with Gasteiger partial charge in [-0.25, -0.2) is 0 Å². The number of hydrogen-bond donors (Lipinski definition) is 1. The molecule has 12 heavy (non-hydrogen) atoms. The normalized spacial score (nSPS) is 9.08. The summed E-state index contributed by atoms with van der Waals surface area (Å²) in [7, 11) is 3.75. The average Bonchev–Trinajstić information content (AvgIpc) is 2.04. The van der Waals surface area contributed by atoms with Crippen LogP contribution in [0.2, 0.25) is 0 Å². The van der Waals surface area contributed by atoms with Crippen molar-refractivity contribution in [2.75, 3.05) is 19.0 Å². The molecule has 0 saturated heterocycles. The fourth-order valence-corrected chi connectivity index (χ4v) is 0.893. The van der Waals surface area contributed by atoms with Gasteiger partial charge in [0.05, 0.1) is 5.56 Å². The van der Waals surface area contributed by atoms with Crippen molar-refractivity contribution >= 4 is 5.69 Å². The van der Waals surface area contributed by atoms with Crippen LogP contribution in [0.25, 0.3) is 0 Å². The van der Waals surface area contributed by atoms with Gasteiger partial charge in [-0.1, -0.05) is 0 Å². The molecule has 0 fully saturated rings. The molecule has 0 aliphatic carbocycles. The first-order valence-corrected chi connectivity index (χ1v) is 3.55. The molecule has 62 valence electrons. The lowest BCUT2D eigenvalue weighted by molar-refractivity contribution is 0.473. The van der Waals surface area contributed by atoms with E-state index in [4.69, 9.17) is 5.26 Å². The molecule has 0 bridgehead atoms. The highest BCUT2D eigenvalue weighted by Crippen LogP contribution is 2.22. The molecule has 0 atom stereocenters. The van der Waals surface area contributed by atoms with Crippen molar-refractivity contribution in [1.82, 2.24) is 0 Å². The number of nitrogens with zero attached hydrogens (tertiary/aromatic N) is 2. The zero-order valence-electron chi connectivity index (χ0n) is 7.07. The topological polar surface area (TPSA) is 47.3 Å². The SMILES string of the molecule is CN(C)c1ccc(C#N)c(O)c1. The van der Waals surface area contributed by atoms with Crippen molar-refractivity contribution in [2.45, 2.75) is 0 Å². The Balaban J connectivity index is 3.12. The van der Waals surface area contributed by atoms with Crippen molar-refractivity contribution in [3.05, 3.63) is 23.8 Å². The predicted molar refractivity (Wildman–Crippen MR) is 47.1 cm³/mol. The van der Waals surface area contributed by atoms with Crippen molar-refractivity contribution < 1.29 is 5.11 Å². The minimum atomic E-state index is 0.0312. The minimum Gasteiger partial charge on any atom is -0.506 e. The molecule has 0 aliphatic heterocycles. The maximum atomic E-state index is 9.29. The Kier molecular flexibility index (Phi) is 2.20. The molecule has 1 rings (SSSR count). The number of nitriles is 1. The van der Waals surface area contributed by atoms with E-state index >= 15 is 0 Å². The van der Waals surface area contributed by atoms with Gasteiger partial charge in [0.2, 0.25) is 0 Å². The lowest BCUT2D eigenvalue weighted by Gasteiger charge is -2.12. The van der Waals surface area contributed by atoms with Gasteiger partial charge in [-0.3, -0.25) is 0 Å². The van der Waals surface area contributed by atoms with Crippen LogP contribution in [0.15, 0.2) is 18.2 Å². The quantitative estimate of drug-likeness (QED) is 0.677. The molecule has 0 unspecified atom stereocenters.